The molecule has 6 heteroatoms. The van der Waals surface area contributed by atoms with Gasteiger partial charge in [-0.3, -0.25) is 0 Å². The van der Waals surface area contributed by atoms with Gasteiger partial charge in [0.25, 0.3) is 0 Å². The highest BCUT2D eigenvalue weighted by atomic mass is 16.5. The van der Waals surface area contributed by atoms with Crippen LogP contribution in [0.2, 0.25) is 0 Å². The zero-order chi connectivity index (χ0) is 20.1. The Kier molecular flexibility index (Phi) is 6.66. The van der Waals surface area contributed by atoms with Crippen LogP contribution >= 0.6 is 0 Å². The van der Waals surface area contributed by atoms with Crippen molar-refractivity contribution in [2.45, 2.75) is 26.7 Å². The van der Waals surface area contributed by atoms with E-state index in [2.05, 4.69) is 13.8 Å². The first kappa shape index (κ1) is 20.6. The second kappa shape index (κ2) is 8.75. The summed E-state index contributed by atoms with van der Waals surface area (Å²) in [5.41, 5.74) is 1.90. The van der Waals surface area contributed by atoms with Crippen LogP contribution in [0.3, 0.4) is 0 Å². The summed E-state index contributed by atoms with van der Waals surface area (Å²) in [5, 5.41) is 29.7. The minimum absolute atomic E-state index is 0.00360. The number of aromatic hydroxyl groups is 3. The predicted octanol–water partition coefficient (Wildman–Crippen LogP) is 3.89. The molecule has 0 aromatic heterocycles. The molecule has 2 unspecified atom stereocenters. The molecule has 0 bridgehead atoms. The van der Waals surface area contributed by atoms with Crippen molar-refractivity contribution in [3.8, 4) is 34.5 Å². The fourth-order valence-corrected chi connectivity index (χ4v) is 3.13. The van der Waals surface area contributed by atoms with Crippen LogP contribution in [-0.4, -0.2) is 36.6 Å². The number of hydrogen-bond acceptors (Lipinski definition) is 6. The summed E-state index contributed by atoms with van der Waals surface area (Å²) in [4.78, 5) is 0. The number of phenolic OH excluding ortho intramolecular Hbond substituents is 3. The maximum absolute atomic E-state index is 10.0. The Balaban J connectivity index is 2.14. The minimum Gasteiger partial charge on any atom is -0.504 e. The van der Waals surface area contributed by atoms with Crippen molar-refractivity contribution < 1.29 is 29.5 Å². The van der Waals surface area contributed by atoms with Crippen LogP contribution in [0.1, 0.15) is 25.0 Å². The summed E-state index contributed by atoms with van der Waals surface area (Å²) >= 11 is 0. The van der Waals surface area contributed by atoms with E-state index < -0.39 is 0 Å². The lowest BCUT2D eigenvalue weighted by molar-refractivity contribution is 0.336. The smallest absolute Gasteiger partial charge is 0.200 e. The summed E-state index contributed by atoms with van der Waals surface area (Å²) in [6.45, 7) is 4.28. The Labute approximate surface area is 159 Å². The number of benzene rings is 2. The summed E-state index contributed by atoms with van der Waals surface area (Å²) in [7, 11) is 4.47. The van der Waals surface area contributed by atoms with E-state index >= 15 is 0 Å². The minimum atomic E-state index is -0.245. The van der Waals surface area contributed by atoms with Crippen molar-refractivity contribution in [2.24, 2.45) is 11.8 Å². The molecular weight excluding hydrogens is 348 g/mol. The lowest BCUT2D eigenvalue weighted by Crippen LogP contribution is -2.14. The average Bonchev–Trinajstić information content (AvgIpc) is 2.65. The molecule has 0 aliphatic heterocycles. The Morgan fingerprint density at radius 1 is 0.667 bits per heavy atom. The molecule has 0 aliphatic rings. The molecule has 0 saturated heterocycles. The van der Waals surface area contributed by atoms with Gasteiger partial charge in [0, 0.05) is 0 Å². The number of methoxy groups -OCH3 is 3. The summed E-state index contributed by atoms with van der Waals surface area (Å²) in [6.07, 6.45) is 1.49. The third kappa shape index (κ3) is 4.70. The van der Waals surface area contributed by atoms with E-state index in [1.54, 1.807) is 12.1 Å². The molecule has 2 rings (SSSR count). The van der Waals surface area contributed by atoms with Crippen molar-refractivity contribution in [3.05, 3.63) is 35.4 Å². The quantitative estimate of drug-likeness (QED) is 0.606. The zero-order valence-corrected chi connectivity index (χ0v) is 16.4. The largest absolute Gasteiger partial charge is 0.504 e. The van der Waals surface area contributed by atoms with Crippen LogP contribution in [0.15, 0.2) is 24.3 Å². The van der Waals surface area contributed by atoms with Gasteiger partial charge in [-0.2, -0.15) is 0 Å². The predicted molar refractivity (Wildman–Crippen MR) is 103 cm³/mol. The fourth-order valence-electron chi connectivity index (χ4n) is 3.13. The standard InChI is InChI=1S/C21H28O6/c1-12(6-14-8-16(22)20(23)17(9-14)25-3)13(2)7-15-10-18(26-4)21(24)19(11-15)27-5/h8-13,22-24H,6-7H2,1-5H3. The Morgan fingerprint density at radius 3 is 1.44 bits per heavy atom. The summed E-state index contributed by atoms with van der Waals surface area (Å²) in [6, 6.07) is 6.94. The van der Waals surface area contributed by atoms with Crippen LogP contribution in [0.5, 0.6) is 34.5 Å². The lowest BCUT2D eigenvalue weighted by atomic mass is 9.85. The van der Waals surface area contributed by atoms with Gasteiger partial charge in [0.15, 0.2) is 23.0 Å². The second-order valence-corrected chi connectivity index (χ2v) is 6.88. The maximum atomic E-state index is 10.0. The first-order valence-corrected chi connectivity index (χ1v) is 8.83. The topological polar surface area (TPSA) is 88.4 Å². The molecular formula is C21H28O6. The van der Waals surface area contributed by atoms with E-state index in [0.29, 0.717) is 23.3 Å². The Morgan fingerprint density at radius 2 is 1.04 bits per heavy atom. The third-order valence-corrected chi connectivity index (χ3v) is 4.96. The van der Waals surface area contributed by atoms with Crippen molar-refractivity contribution in [1.82, 2.24) is 0 Å². The average molecular weight is 376 g/mol. The van der Waals surface area contributed by atoms with Gasteiger partial charge >= 0.3 is 0 Å². The highest BCUT2D eigenvalue weighted by Crippen LogP contribution is 2.39. The van der Waals surface area contributed by atoms with Crippen molar-refractivity contribution >= 4 is 0 Å². The van der Waals surface area contributed by atoms with E-state index in [0.717, 1.165) is 24.0 Å². The maximum Gasteiger partial charge on any atom is 0.200 e. The van der Waals surface area contributed by atoms with E-state index in [1.165, 1.54) is 21.3 Å². The highest BCUT2D eigenvalue weighted by Gasteiger charge is 2.18. The summed E-state index contributed by atoms with van der Waals surface area (Å²) < 4.78 is 15.5. The summed E-state index contributed by atoms with van der Waals surface area (Å²) in [5.74, 6) is 1.21. The molecule has 6 nitrogen and oxygen atoms in total. The van der Waals surface area contributed by atoms with Gasteiger partial charge < -0.3 is 29.5 Å². The lowest BCUT2D eigenvalue weighted by Gasteiger charge is -2.21. The molecule has 0 saturated carbocycles. The molecule has 0 amide bonds. The van der Waals surface area contributed by atoms with E-state index in [9.17, 15) is 15.3 Å². The normalized spacial score (nSPS) is 13.1. The molecule has 3 N–H and O–H groups in total. The highest BCUT2D eigenvalue weighted by molar-refractivity contribution is 5.53. The SMILES string of the molecule is COc1cc(CC(C)C(C)Cc2cc(OC)c(O)c(OC)c2)cc(O)c1O. The number of rotatable bonds is 8. The van der Waals surface area contributed by atoms with Gasteiger partial charge in [0.2, 0.25) is 11.5 Å². The number of ether oxygens (including phenoxy) is 3. The van der Waals surface area contributed by atoms with Crippen molar-refractivity contribution in [2.75, 3.05) is 21.3 Å². The van der Waals surface area contributed by atoms with Crippen molar-refractivity contribution in [3.63, 3.8) is 0 Å². The van der Waals surface area contributed by atoms with Crippen molar-refractivity contribution in [1.29, 1.82) is 0 Å². The second-order valence-electron chi connectivity index (χ2n) is 6.88. The van der Waals surface area contributed by atoms with Gasteiger partial charge in [-0.1, -0.05) is 13.8 Å². The Bertz CT molecular complexity index is 761. The molecule has 0 radical (unpaired) electrons. The molecule has 27 heavy (non-hydrogen) atoms. The molecule has 0 fully saturated rings. The third-order valence-electron chi connectivity index (χ3n) is 4.96. The number of phenols is 3. The number of hydrogen-bond donors (Lipinski definition) is 3. The monoisotopic (exact) mass is 376 g/mol. The molecule has 2 atom stereocenters. The van der Waals surface area contributed by atoms with Crippen LogP contribution < -0.4 is 14.2 Å². The molecule has 0 heterocycles. The van der Waals surface area contributed by atoms with Crippen LogP contribution in [0.4, 0.5) is 0 Å². The van der Waals surface area contributed by atoms with Gasteiger partial charge in [0.1, 0.15) is 0 Å². The van der Waals surface area contributed by atoms with Gasteiger partial charge in [-0.25, -0.2) is 0 Å². The zero-order valence-electron chi connectivity index (χ0n) is 16.4. The molecule has 0 spiro atoms. The first-order valence-electron chi connectivity index (χ1n) is 8.83. The van der Waals surface area contributed by atoms with E-state index in [4.69, 9.17) is 14.2 Å². The molecule has 2 aromatic rings. The first-order chi connectivity index (χ1) is 12.8. The van der Waals surface area contributed by atoms with E-state index in [1.807, 2.05) is 12.1 Å². The molecule has 2 aromatic carbocycles. The van der Waals surface area contributed by atoms with E-state index in [-0.39, 0.29) is 23.0 Å². The van der Waals surface area contributed by atoms with Crippen LogP contribution in [-0.2, 0) is 12.8 Å². The van der Waals surface area contributed by atoms with Gasteiger partial charge in [0.05, 0.1) is 21.3 Å². The Hall–Kier alpha value is -2.76. The van der Waals surface area contributed by atoms with Crippen LogP contribution in [0, 0.1) is 11.8 Å². The fraction of sp³-hybridized carbons (Fsp3) is 0.429. The van der Waals surface area contributed by atoms with Gasteiger partial charge in [-0.15, -0.1) is 0 Å². The molecule has 148 valence electrons. The van der Waals surface area contributed by atoms with Crippen LogP contribution in [0.25, 0.3) is 0 Å². The molecule has 0 aliphatic carbocycles. The van der Waals surface area contributed by atoms with Gasteiger partial charge in [-0.05, 0) is 60.1 Å².